The van der Waals surface area contributed by atoms with Crippen LogP contribution in [-0.4, -0.2) is 11.4 Å². The minimum absolute atomic E-state index is 0.605. The second-order valence-corrected chi connectivity index (χ2v) is 2.14. The van der Waals surface area contributed by atoms with Crippen LogP contribution in [0.25, 0.3) is 0 Å². The molecule has 0 spiro atoms. The number of oxime groups is 1. The van der Waals surface area contributed by atoms with Gasteiger partial charge in [0.1, 0.15) is 0 Å². The summed E-state index contributed by atoms with van der Waals surface area (Å²) < 4.78 is 0. The molecule has 10 heavy (non-hydrogen) atoms. The predicted molar refractivity (Wildman–Crippen MR) is 39.7 cm³/mol. The molecule has 0 atom stereocenters. The lowest BCUT2D eigenvalue weighted by molar-refractivity contribution is 0.322. The van der Waals surface area contributed by atoms with E-state index in [-0.39, 0.29) is 0 Å². The molecule has 0 aliphatic carbocycles. The van der Waals surface area contributed by atoms with E-state index >= 15 is 0 Å². The lowest BCUT2D eigenvalue weighted by atomic mass is 10.2. The van der Waals surface area contributed by atoms with Crippen molar-refractivity contribution >= 4 is 17.8 Å². The number of nitrogens with zero attached hydrogens (tertiary/aromatic N) is 1. The summed E-state index contributed by atoms with van der Waals surface area (Å²) in [4.78, 5) is 0. The van der Waals surface area contributed by atoms with Crippen molar-refractivity contribution in [3.63, 3.8) is 0 Å². The van der Waals surface area contributed by atoms with E-state index in [1.54, 1.807) is 18.2 Å². The summed E-state index contributed by atoms with van der Waals surface area (Å²) in [6.07, 6.45) is 1.27. The minimum Gasteiger partial charge on any atom is -0.411 e. The molecule has 1 N–H and O–H groups in total. The topological polar surface area (TPSA) is 32.6 Å². The maximum absolute atomic E-state index is 8.12. The Bertz CT molecular complexity index is 247. The molecule has 0 saturated heterocycles. The first kappa shape index (κ1) is 7.09. The van der Waals surface area contributed by atoms with Crippen molar-refractivity contribution < 1.29 is 5.21 Å². The molecular weight excluding hydrogens is 150 g/mol. The number of rotatable bonds is 1. The van der Waals surface area contributed by atoms with Gasteiger partial charge in [-0.05, 0) is 18.2 Å². The van der Waals surface area contributed by atoms with E-state index < -0.39 is 0 Å². The molecule has 3 heteroatoms. The molecule has 0 fully saturated rings. The Morgan fingerprint density at radius 3 is 3.10 bits per heavy atom. The van der Waals surface area contributed by atoms with Gasteiger partial charge in [-0.2, -0.15) is 0 Å². The molecule has 0 aliphatic rings. The molecule has 0 aliphatic heterocycles. The van der Waals surface area contributed by atoms with Crippen molar-refractivity contribution in [2.24, 2.45) is 5.16 Å². The minimum atomic E-state index is 0.605. The fourth-order valence-electron chi connectivity index (χ4n) is 0.593. The Labute approximate surface area is 63.7 Å². The second-order valence-electron chi connectivity index (χ2n) is 1.71. The van der Waals surface area contributed by atoms with Crippen molar-refractivity contribution in [2.45, 2.75) is 0 Å². The molecule has 2 nitrogen and oxygen atoms in total. The van der Waals surface area contributed by atoms with E-state index in [1.807, 2.05) is 0 Å². The second kappa shape index (κ2) is 3.22. The van der Waals surface area contributed by atoms with Gasteiger partial charge in [-0.1, -0.05) is 22.8 Å². The maximum Gasteiger partial charge on any atom is 0.0740 e. The number of halogens is 1. The molecule has 1 rings (SSSR count). The van der Waals surface area contributed by atoms with Crippen LogP contribution in [0.15, 0.2) is 23.4 Å². The summed E-state index contributed by atoms with van der Waals surface area (Å²) in [5.74, 6) is 0. The summed E-state index contributed by atoms with van der Waals surface area (Å²) >= 11 is 5.62. The summed E-state index contributed by atoms with van der Waals surface area (Å²) in [5, 5.41) is 11.6. The van der Waals surface area contributed by atoms with Gasteiger partial charge >= 0.3 is 0 Å². The molecule has 51 valence electrons. The van der Waals surface area contributed by atoms with Gasteiger partial charge in [0.15, 0.2) is 0 Å². The Morgan fingerprint density at radius 1 is 1.70 bits per heavy atom. The van der Waals surface area contributed by atoms with Crippen molar-refractivity contribution in [3.8, 4) is 0 Å². The van der Waals surface area contributed by atoms with Crippen LogP contribution >= 0.6 is 11.6 Å². The third kappa shape index (κ3) is 1.74. The standard InChI is InChI=1S/C7H5ClNO/c8-7-3-1-2-6(4-7)5-9-10/h1,3-5,10H/b9-5-. The van der Waals surface area contributed by atoms with E-state index in [0.29, 0.717) is 10.6 Å². The first-order valence-electron chi connectivity index (χ1n) is 2.67. The van der Waals surface area contributed by atoms with Gasteiger partial charge in [-0.25, -0.2) is 0 Å². The molecular formula is C7H5ClNO. The van der Waals surface area contributed by atoms with Gasteiger partial charge in [0.2, 0.25) is 0 Å². The molecule has 1 radical (unpaired) electrons. The average Bonchev–Trinajstić information content (AvgIpc) is 1.88. The maximum atomic E-state index is 8.12. The quantitative estimate of drug-likeness (QED) is 0.374. The Balaban J connectivity index is 2.95. The third-order valence-electron chi connectivity index (χ3n) is 0.983. The van der Waals surface area contributed by atoms with E-state index in [4.69, 9.17) is 16.8 Å². The molecule has 0 saturated carbocycles. The van der Waals surface area contributed by atoms with Crippen LogP contribution in [0.4, 0.5) is 0 Å². The summed E-state index contributed by atoms with van der Waals surface area (Å²) in [5.41, 5.74) is 0.662. The zero-order valence-corrected chi connectivity index (χ0v) is 5.84. The van der Waals surface area contributed by atoms with Crippen LogP contribution in [0, 0.1) is 6.07 Å². The number of hydrogen-bond acceptors (Lipinski definition) is 2. The summed E-state index contributed by atoms with van der Waals surface area (Å²) in [6.45, 7) is 0. The van der Waals surface area contributed by atoms with E-state index in [0.717, 1.165) is 0 Å². The first-order chi connectivity index (χ1) is 4.83. The highest BCUT2D eigenvalue weighted by Gasteiger charge is 1.88. The Kier molecular flexibility index (Phi) is 2.29. The smallest absolute Gasteiger partial charge is 0.0740 e. The van der Waals surface area contributed by atoms with Crippen LogP contribution in [0.2, 0.25) is 5.02 Å². The molecule has 0 unspecified atom stereocenters. The monoisotopic (exact) mass is 154 g/mol. The zero-order valence-electron chi connectivity index (χ0n) is 5.08. The van der Waals surface area contributed by atoms with Gasteiger partial charge in [-0.15, -0.1) is 0 Å². The lowest BCUT2D eigenvalue weighted by Crippen LogP contribution is -1.78. The molecule has 0 amide bonds. The van der Waals surface area contributed by atoms with Gasteiger partial charge in [0.05, 0.1) is 6.21 Å². The normalized spacial score (nSPS) is 10.5. The van der Waals surface area contributed by atoms with Gasteiger partial charge in [0, 0.05) is 10.6 Å². The number of hydrogen-bond donors (Lipinski definition) is 1. The van der Waals surface area contributed by atoms with Crippen molar-refractivity contribution in [3.05, 3.63) is 34.9 Å². The van der Waals surface area contributed by atoms with E-state index in [9.17, 15) is 0 Å². The SMILES string of the molecule is O/N=C\c1[c]ccc(Cl)c1. The summed E-state index contributed by atoms with van der Waals surface area (Å²) in [7, 11) is 0. The highest BCUT2D eigenvalue weighted by molar-refractivity contribution is 6.30. The van der Waals surface area contributed by atoms with Crippen LogP contribution < -0.4 is 0 Å². The van der Waals surface area contributed by atoms with Crippen molar-refractivity contribution in [2.75, 3.05) is 0 Å². The molecule has 0 bridgehead atoms. The Morgan fingerprint density at radius 2 is 2.50 bits per heavy atom. The van der Waals surface area contributed by atoms with Crippen LogP contribution in [-0.2, 0) is 0 Å². The fraction of sp³-hybridized carbons (Fsp3) is 0. The third-order valence-corrected chi connectivity index (χ3v) is 1.22. The van der Waals surface area contributed by atoms with Gasteiger partial charge in [-0.3, -0.25) is 0 Å². The van der Waals surface area contributed by atoms with E-state index in [2.05, 4.69) is 11.2 Å². The van der Waals surface area contributed by atoms with Crippen molar-refractivity contribution in [1.82, 2.24) is 0 Å². The molecule has 1 aromatic rings. The van der Waals surface area contributed by atoms with Gasteiger partial charge < -0.3 is 5.21 Å². The highest BCUT2D eigenvalue weighted by Crippen LogP contribution is 2.07. The lowest BCUT2D eigenvalue weighted by Gasteiger charge is -1.89. The molecule has 1 aromatic carbocycles. The fourth-order valence-corrected chi connectivity index (χ4v) is 0.773. The molecule has 0 aromatic heterocycles. The number of benzene rings is 1. The predicted octanol–water partition coefficient (Wildman–Crippen LogP) is 1.95. The first-order valence-corrected chi connectivity index (χ1v) is 3.05. The van der Waals surface area contributed by atoms with Gasteiger partial charge in [0.25, 0.3) is 0 Å². The zero-order chi connectivity index (χ0) is 7.40. The largest absolute Gasteiger partial charge is 0.411 e. The highest BCUT2D eigenvalue weighted by atomic mass is 35.5. The average molecular weight is 155 g/mol. The Hall–Kier alpha value is -1.02. The molecule has 0 heterocycles. The van der Waals surface area contributed by atoms with Crippen molar-refractivity contribution in [1.29, 1.82) is 0 Å². The van der Waals surface area contributed by atoms with Crippen LogP contribution in [0.1, 0.15) is 5.56 Å². The van der Waals surface area contributed by atoms with Crippen LogP contribution in [0.3, 0.4) is 0 Å². The van der Waals surface area contributed by atoms with E-state index in [1.165, 1.54) is 6.21 Å². The van der Waals surface area contributed by atoms with Crippen LogP contribution in [0.5, 0.6) is 0 Å². The summed E-state index contributed by atoms with van der Waals surface area (Å²) in [6, 6.07) is 7.84.